The average molecular weight is 571 g/mol. The predicted molar refractivity (Wildman–Crippen MR) is 156 cm³/mol. The molecule has 0 spiro atoms. The largest absolute Gasteiger partial charge is 0.488 e. The van der Waals surface area contributed by atoms with Gasteiger partial charge in [-0.05, 0) is 61.8 Å². The zero-order valence-corrected chi connectivity index (χ0v) is 24.0. The lowest BCUT2D eigenvalue weighted by molar-refractivity contribution is -0.144. The molecule has 4 bridgehead atoms. The summed E-state index contributed by atoms with van der Waals surface area (Å²) in [6.45, 7) is 6.46. The van der Waals surface area contributed by atoms with Crippen LogP contribution in [0.3, 0.4) is 0 Å². The summed E-state index contributed by atoms with van der Waals surface area (Å²) < 4.78 is 12.1. The molecule has 1 aliphatic carbocycles. The van der Waals surface area contributed by atoms with Gasteiger partial charge in [-0.15, -0.1) is 11.3 Å². The Balaban J connectivity index is 1.06. The van der Waals surface area contributed by atoms with E-state index in [1.54, 1.807) is 11.3 Å². The Morgan fingerprint density at radius 3 is 2.73 bits per heavy atom. The number of carboxylic acids is 1. The molecule has 0 unspecified atom stereocenters. The summed E-state index contributed by atoms with van der Waals surface area (Å²) in [5.74, 6) is 0.243. The van der Waals surface area contributed by atoms with Crippen molar-refractivity contribution in [2.75, 3.05) is 31.1 Å². The van der Waals surface area contributed by atoms with Crippen molar-refractivity contribution in [1.29, 1.82) is 5.26 Å². The van der Waals surface area contributed by atoms with E-state index < -0.39 is 5.97 Å². The number of hydrogen-bond acceptors (Lipinski definition) is 8. The number of piperidine rings is 1. The van der Waals surface area contributed by atoms with Crippen LogP contribution in [0.15, 0.2) is 41.8 Å². The number of likely N-dealkylation sites (tertiary alicyclic amines) is 1. The van der Waals surface area contributed by atoms with Gasteiger partial charge in [-0.3, -0.25) is 9.69 Å². The fourth-order valence-electron chi connectivity index (χ4n) is 7.30. The first-order valence-electron chi connectivity index (χ1n) is 14.5. The molecule has 0 radical (unpaired) electrons. The Bertz CT molecular complexity index is 1500. The molecule has 0 amide bonds. The first-order valence-corrected chi connectivity index (χ1v) is 15.4. The molecule has 41 heavy (non-hydrogen) atoms. The number of nitrogens with zero attached hydrogens (tertiary/aromatic N) is 4. The van der Waals surface area contributed by atoms with Crippen LogP contribution in [0.4, 0.5) is 5.13 Å². The van der Waals surface area contributed by atoms with E-state index in [0.29, 0.717) is 24.3 Å². The molecule has 9 heteroatoms. The molecule has 4 fully saturated rings. The van der Waals surface area contributed by atoms with Crippen molar-refractivity contribution in [1.82, 2.24) is 9.88 Å². The van der Waals surface area contributed by atoms with Crippen molar-refractivity contribution in [3.8, 4) is 23.1 Å². The maximum atomic E-state index is 11.8. The van der Waals surface area contributed by atoms with E-state index in [1.807, 2.05) is 24.3 Å². The maximum absolute atomic E-state index is 11.8. The molecule has 8 nitrogen and oxygen atoms in total. The summed E-state index contributed by atoms with van der Waals surface area (Å²) in [5, 5.41) is 22.6. The third-order valence-electron chi connectivity index (χ3n) is 9.37. The van der Waals surface area contributed by atoms with Gasteiger partial charge in [0.2, 0.25) is 0 Å². The molecule has 212 valence electrons. The number of morpholine rings is 1. The Morgan fingerprint density at radius 1 is 1.20 bits per heavy atom. The number of carbonyl (C=O) groups is 1. The number of nitriles is 1. The van der Waals surface area contributed by atoms with Crippen LogP contribution in [0.25, 0.3) is 11.3 Å². The van der Waals surface area contributed by atoms with Crippen LogP contribution in [-0.4, -0.2) is 59.3 Å². The van der Waals surface area contributed by atoms with Gasteiger partial charge in [0.05, 0.1) is 36.0 Å². The van der Waals surface area contributed by atoms with Crippen LogP contribution in [-0.2, 0) is 22.7 Å². The standard InChI is InChI=1S/C32H34N4O4S/c1-19-2-7-29(40-16-23-4-3-20(9-24(23)11-33)12-35-15-26-10-25(35)17-39-26)27(8-19)28-18-41-32(34-28)36-13-21-5-6-22(14-36)30(21)31(37)38/h2-4,7-9,18,21-22,25-26,30H,5-6,10,12-17H2,1H3,(H,37,38)/t21-,22+,25-,26-,30+/m0/s1. The van der Waals surface area contributed by atoms with E-state index in [2.05, 4.69) is 40.3 Å². The highest BCUT2D eigenvalue weighted by Gasteiger charge is 2.46. The monoisotopic (exact) mass is 570 g/mol. The van der Waals surface area contributed by atoms with Gasteiger partial charge in [-0.1, -0.05) is 23.8 Å². The number of aromatic nitrogens is 1. The van der Waals surface area contributed by atoms with Gasteiger partial charge in [0.25, 0.3) is 0 Å². The molecule has 4 heterocycles. The third kappa shape index (κ3) is 5.09. The highest BCUT2D eigenvalue weighted by atomic mass is 32.1. The smallest absolute Gasteiger partial charge is 0.307 e. The van der Waals surface area contributed by atoms with Crippen LogP contribution in [0, 0.1) is 36.0 Å². The van der Waals surface area contributed by atoms with Crippen molar-refractivity contribution in [2.24, 2.45) is 17.8 Å². The normalized spacial score (nSPS) is 26.8. The molecule has 3 aromatic rings. The van der Waals surface area contributed by atoms with E-state index in [0.717, 1.165) is 90.9 Å². The van der Waals surface area contributed by atoms with Gasteiger partial charge in [0.15, 0.2) is 5.13 Å². The van der Waals surface area contributed by atoms with Gasteiger partial charge in [-0.2, -0.15) is 5.26 Å². The lowest BCUT2D eigenvalue weighted by Crippen LogP contribution is -2.44. The topological polar surface area (TPSA) is 98.9 Å². The number of fused-ring (bicyclic) bond motifs is 4. The number of aryl methyl sites for hydroxylation is 1. The number of thiazole rings is 1. The summed E-state index contributed by atoms with van der Waals surface area (Å²) in [5.41, 5.74) is 5.56. The Labute approximate surface area is 244 Å². The molecule has 4 aliphatic rings. The molecule has 2 aromatic carbocycles. The fraction of sp³-hybridized carbons (Fsp3) is 0.469. The number of rotatable bonds is 8. The number of carboxylic acid groups (broad SMARTS) is 1. The van der Waals surface area contributed by atoms with Crippen molar-refractivity contribution < 1.29 is 19.4 Å². The van der Waals surface area contributed by atoms with Gasteiger partial charge < -0.3 is 19.5 Å². The Morgan fingerprint density at radius 2 is 2.02 bits per heavy atom. The highest BCUT2D eigenvalue weighted by Crippen LogP contribution is 2.44. The Hall–Kier alpha value is -3.45. The van der Waals surface area contributed by atoms with Crippen LogP contribution in [0.1, 0.15) is 41.5 Å². The van der Waals surface area contributed by atoms with E-state index in [-0.39, 0.29) is 17.8 Å². The van der Waals surface area contributed by atoms with Gasteiger partial charge in [-0.25, -0.2) is 4.98 Å². The minimum Gasteiger partial charge on any atom is -0.488 e. The second-order valence-electron chi connectivity index (χ2n) is 12.0. The van der Waals surface area contributed by atoms with E-state index in [1.165, 1.54) is 0 Å². The third-order valence-corrected chi connectivity index (χ3v) is 10.3. The number of benzene rings is 2. The number of anilines is 1. The second kappa shape index (κ2) is 10.8. The van der Waals surface area contributed by atoms with Gasteiger partial charge >= 0.3 is 5.97 Å². The van der Waals surface area contributed by atoms with E-state index in [4.69, 9.17) is 14.5 Å². The number of aliphatic carboxylic acids is 1. The zero-order chi connectivity index (χ0) is 28.1. The zero-order valence-electron chi connectivity index (χ0n) is 23.2. The summed E-state index contributed by atoms with van der Waals surface area (Å²) in [4.78, 5) is 21.5. The lowest BCUT2D eigenvalue weighted by Gasteiger charge is -2.35. The SMILES string of the molecule is Cc1ccc(OCc2ccc(CN3C[C@@H]4C[C@H]3CO4)cc2C#N)c(-c2csc(N3C[C@H]4CC[C@@H](C3)[C@H]4C(=O)O)n2)c1. The highest BCUT2D eigenvalue weighted by molar-refractivity contribution is 7.14. The molecule has 1 N–H and O–H groups in total. The van der Waals surface area contributed by atoms with Crippen LogP contribution < -0.4 is 9.64 Å². The molecule has 1 saturated carbocycles. The van der Waals surface area contributed by atoms with Crippen LogP contribution in [0.2, 0.25) is 0 Å². The fourth-order valence-corrected chi connectivity index (χ4v) is 8.15. The van der Waals surface area contributed by atoms with E-state index >= 15 is 0 Å². The van der Waals surface area contributed by atoms with E-state index in [9.17, 15) is 15.2 Å². The summed E-state index contributed by atoms with van der Waals surface area (Å²) in [7, 11) is 0. The molecule has 3 saturated heterocycles. The van der Waals surface area contributed by atoms with Crippen molar-refractivity contribution in [3.63, 3.8) is 0 Å². The van der Waals surface area contributed by atoms with Gasteiger partial charge in [0, 0.05) is 48.7 Å². The predicted octanol–water partition coefficient (Wildman–Crippen LogP) is 5.09. The number of hydrogen-bond donors (Lipinski definition) is 1. The van der Waals surface area contributed by atoms with Crippen molar-refractivity contribution >= 4 is 22.4 Å². The van der Waals surface area contributed by atoms with Crippen molar-refractivity contribution in [3.05, 3.63) is 64.0 Å². The molecular weight excluding hydrogens is 536 g/mol. The minimum absolute atomic E-state index is 0.191. The summed E-state index contributed by atoms with van der Waals surface area (Å²) in [6, 6.07) is 15.1. The van der Waals surface area contributed by atoms with Crippen LogP contribution >= 0.6 is 11.3 Å². The summed E-state index contributed by atoms with van der Waals surface area (Å²) in [6.07, 6.45) is 3.43. The molecule has 1 aromatic heterocycles. The van der Waals surface area contributed by atoms with Gasteiger partial charge in [0.1, 0.15) is 12.4 Å². The first kappa shape index (κ1) is 26.4. The quantitative estimate of drug-likeness (QED) is 0.400. The Kier molecular flexibility index (Phi) is 6.93. The lowest BCUT2D eigenvalue weighted by atomic mass is 9.85. The first-order chi connectivity index (χ1) is 19.9. The molecular formula is C32H34N4O4S. The van der Waals surface area contributed by atoms with Crippen molar-refractivity contribution in [2.45, 2.75) is 51.5 Å². The average Bonchev–Trinajstić information content (AvgIpc) is 3.77. The molecule has 5 atom stereocenters. The molecule has 7 rings (SSSR count). The second-order valence-corrected chi connectivity index (χ2v) is 12.9. The maximum Gasteiger partial charge on any atom is 0.307 e. The molecule has 3 aliphatic heterocycles. The van der Waals surface area contributed by atoms with Crippen LogP contribution in [0.5, 0.6) is 5.75 Å². The number of ether oxygens (including phenoxy) is 2. The summed E-state index contributed by atoms with van der Waals surface area (Å²) >= 11 is 1.60. The minimum atomic E-state index is -0.652.